The zero-order valence-electron chi connectivity index (χ0n) is 9.89. The van der Waals surface area contributed by atoms with Crippen LogP contribution in [0.25, 0.3) is 0 Å². The number of aromatic amines is 2. The lowest BCUT2D eigenvalue weighted by atomic mass is 10.2. The van der Waals surface area contributed by atoms with Crippen LogP contribution < -0.4 is 16.6 Å². The first-order chi connectivity index (χ1) is 9.04. The molecule has 0 radical (unpaired) electrons. The fourth-order valence-corrected chi connectivity index (χ4v) is 1.91. The minimum atomic E-state index is -0.678. The van der Waals surface area contributed by atoms with E-state index in [-0.39, 0.29) is 24.4 Å². The van der Waals surface area contributed by atoms with E-state index < -0.39 is 11.2 Å². The van der Waals surface area contributed by atoms with Crippen molar-refractivity contribution >= 4 is 22.4 Å². The second-order valence-electron chi connectivity index (χ2n) is 3.63. The number of hydrogen-bond donors (Lipinski definition) is 3. The van der Waals surface area contributed by atoms with E-state index >= 15 is 0 Å². The monoisotopic (exact) mass is 282 g/mol. The van der Waals surface area contributed by atoms with Crippen LogP contribution in [0.5, 0.6) is 0 Å². The van der Waals surface area contributed by atoms with Gasteiger partial charge in [-0.15, -0.1) is 10.2 Å². The SMILES string of the molecule is Cc1nnc(NC(=O)CCc2n[nH]c(=O)[nH]c2=O)s1. The molecule has 2 heterocycles. The van der Waals surface area contributed by atoms with E-state index in [0.29, 0.717) is 5.13 Å². The number of anilines is 1. The fourth-order valence-electron chi connectivity index (χ4n) is 1.30. The zero-order chi connectivity index (χ0) is 13.8. The topological polar surface area (TPSA) is 133 Å². The van der Waals surface area contributed by atoms with E-state index in [0.717, 1.165) is 5.01 Å². The van der Waals surface area contributed by atoms with Gasteiger partial charge in [0.15, 0.2) is 0 Å². The summed E-state index contributed by atoms with van der Waals surface area (Å²) >= 11 is 1.26. The number of nitrogens with zero attached hydrogens (tertiary/aromatic N) is 3. The molecule has 10 heteroatoms. The maximum Gasteiger partial charge on any atom is 0.342 e. The first kappa shape index (κ1) is 13.1. The van der Waals surface area contributed by atoms with Crippen LogP contribution in [-0.2, 0) is 11.2 Å². The average Bonchev–Trinajstić information content (AvgIpc) is 2.73. The van der Waals surface area contributed by atoms with Gasteiger partial charge in [-0.1, -0.05) is 11.3 Å². The van der Waals surface area contributed by atoms with Gasteiger partial charge >= 0.3 is 5.69 Å². The molecule has 2 aromatic heterocycles. The minimum Gasteiger partial charge on any atom is -0.301 e. The third-order valence-electron chi connectivity index (χ3n) is 2.14. The second-order valence-corrected chi connectivity index (χ2v) is 4.81. The van der Waals surface area contributed by atoms with Gasteiger partial charge in [-0.2, -0.15) is 5.10 Å². The first-order valence-corrected chi connectivity index (χ1v) is 6.14. The lowest BCUT2D eigenvalue weighted by molar-refractivity contribution is -0.116. The Hall–Kier alpha value is -2.36. The van der Waals surface area contributed by atoms with Crippen LogP contribution >= 0.6 is 11.3 Å². The van der Waals surface area contributed by atoms with Crippen LogP contribution in [0.15, 0.2) is 9.59 Å². The molecule has 0 bridgehead atoms. The van der Waals surface area contributed by atoms with Gasteiger partial charge in [0.1, 0.15) is 10.7 Å². The van der Waals surface area contributed by atoms with Crippen molar-refractivity contribution in [3.8, 4) is 0 Å². The molecule has 0 aliphatic heterocycles. The summed E-state index contributed by atoms with van der Waals surface area (Å²) in [5, 5.41) is 16.9. The van der Waals surface area contributed by atoms with Gasteiger partial charge < -0.3 is 5.32 Å². The summed E-state index contributed by atoms with van der Waals surface area (Å²) in [6.45, 7) is 1.77. The van der Waals surface area contributed by atoms with Crippen LogP contribution in [0.2, 0.25) is 0 Å². The number of nitrogens with one attached hydrogen (secondary N) is 3. The third-order valence-corrected chi connectivity index (χ3v) is 2.90. The van der Waals surface area contributed by atoms with Crippen LogP contribution in [0.4, 0.5) is 5.13 Å². The maximum atomic E-state index is 11.6. The maximum absolute atomic E-state index is 11.6. The van der Waals surface area contributed by atoms with Crippen molar-refractivity contribution in [2.45, 2.75) is 19.8 Å². The number of amides is 1. The van der Waals surface area contributed by atoms with Crippen LogP contribution in [-0.4, -0.2) is 31.3 Å². The summed E-state index contributed by atoms with van der Waals surface area (Å²) in [6, 6.07) is 0. The predicted molar refractivity (Wildman–Crippen MR) is 67.1 cm³/mol. The number of rotatable bonds is 4. The molecule has 0 aliphatic rings. The van der Waals surface area contributed by atoms with Gasteiger partial charge in [0, 0.05) is 12.8 Å². The Morgan fingerprint density at radius 1 is 1.37 bits per heavy atom. The lowest BCUT2D eigenvalue weighted by Gasteiger charge is -1.99. The Balaban J connectivity index is 1.93. The molecule has 1 amide bonds. The molecule has 0 aliphatic carbocycles. The Morgan fingerprint density at radius 2 is 2.16 bits per heavy atom. The molecule has 0 aromatic carbocycles. The predicted octanol–water partition coefficient (Wildman–Crippen LogP) is -0.811. The molecule has 100 valence electrons. The summed E-state index contributed by atoms with van der Waals surface area (Å²) in [4.78, 5) is 35.7. The summed E-state index contributed by atoms with van der Waals surface area (Å²) in [7, 11) is 0. The smallest absolute Gasteiger partial charge is 0.301 e. The average molecular weight is 282 g/mol. The van der Waals surface area contributed by atoms with Crippen molar-refractivity contribution in [1.29, 1.82) is 0 Å². The van der Waals surface area contributed by atoms with E-state index in [1.807, 2.05) is 4.98 Å². The number of carbonyl (C=O) groups is 1. The van der Waals surface area contributed by atoms with Crippen molar-refractivity contribution in [1.82, 2.24) is 25.4 Å². The number of aromatic nitrogens is 5. The number of hydrogen-bond acceptors (Lipinski definition) is 7. The van der Waals surface area contributed by atoms with E-state index in [1.54, 1.807) is 6.92 Å². The van der Waals surface area contributed by atoms with E-state index in [9.17, 15) is 14.4 Å². The Bertz CT molecular complexity index is 702. The summed E-state index contributed by atoms with van der Waals surface area (Å²) in [5.41, 5.74) is -1.17. The normalized spacial score (nSPS) is 10.4. The summed E-state index contributed by atoms with van der Waals surface area (Å²) in [6.07, 6.45) is 0.177. The minimum absolute atomic E-state index is 0.0563. The number of H-pyrrole nitrogens is 2. The van der Waals surface area contributed by atoms with Crippen LogP contribution in [0.1, 0.15) is 17.1 Å². The highest BCUT2D eigenvalue weighted by atomic mass is 32.1. The standard InChI is InChI=1S/C9H10N6O3S/c1-4-12-15-9(19-4)10-6(16)3-2-5-7(17)11-8(18)14-13-5/h2-3H2,1H3,(H,10,15,16)(H2,11,14,17,18). The molecule has 19 heavy (non-hydrogen) atoms. The number of carbonyl (C=O) groups excluding carboxylic acids is 1. The van der Waals surface area contributed by atoms with Gasteiger partial charge in [-0.3, -0.25) is 14.6 Å². The molecule has 3 N–H and O–H groups in total. The van der Waals surface area contributed by atoms with Gasteiger partial charge in [-0.05, 0) is 6.92 Å². The Morgan fingerprint density at radius 3 is 2.79 bits per heavy atom. The Labute approximate surface area is 110 Å². The molecule has 0 atom stereocenters. The van der Waals surface area contributed by atoms with Crippen molar-refractivity contribution in [3.05, 3.63) is 31.5 Å². The molecule has 2 aromatic rings. The summed E-state index contributed by atoms with van der Waals surface area (Å²) < 4.78 is 0. The van der Waals surface area contributed by atoms with Crippen molar-refractivity contribution in [2.75, 3.05) is 5.32 Å². The van der Waals surface area contributed by atoms with Crippen molar-refractivity contribution in [2.24, 2.45) is 0 Å². The van der Waals surface area contributed by atoms with E-state index in [2.05, 4.69) is 25.7 Å². The second kappa shape index (κ2) is 5.52. The molecular formula is C9H10N6O3S. The van der Waals surface area contributed by atoms with Crippen molar-refractivity contribution in [3.63, 3.8) is 0 Å². The van der Waals surface area contributed by atoms with Crippen LogP contribution in [0, 0.1) is 6.92 Å². The highest BCUT2D eigenvalue weighted by Crippen LogP contribution is 2.13. The molecule has 2 rings (SSSR count). The van der Waals surface area contributed by atoms with E-state index in [4.69, 9.17) is 0 Å². The fraction of sp³-hybridized carbons (Fsp3) is 0.333. The van der Waals surface area contributed by atoms with Gasteiger partial charge in [0.25, 0.3) is 5.56 Å². The highest BCUT2D eigenvalue weighted by Gasteiger charge is 2.09. The largest absolute Gasteiger partial charge is 0.342 e. The Kier molecular flexibility index (Phi) is 3.80. The van der Waals surface area contributed by atoms with Gasteiger partial charge in [0.2, 0.25) is 11.0 Å². The van der Waals surface area contributed by atoms with Gasteiger partial charge in [0.05, 0.1) is 0 Å². The zero-order valence-corrected chi connectivity index (χ0v) is 10.7. The molecule has 9 nitrogen and oxygen atoms in total. The van der Waals surface area contributed by atoms with Crippen molar-refractivity contribution < 1.29 is 4.79 Å². The first-order valence-electron chi connectivity index (χ1n) is 5.32. The highest BCUT2D eigenvalue weighted by molar-refractivity contribution is 7.15. The van der Waals surface area contributed by atoms with E-state index in [1.165, 1.54) is 11.3 Å². The molecule has 0 spiro atoms. The molecule has 0 saturated carbocycles. The molecule has 0 unspecified atom stereocenters. The third kappa shape index (κ3) is 3.55. The summed E-state index contributed by atoms with van der Waals surface area (Å²) in [5.74, 6) is -0.302. The molecule has 0 fully saturated rings. The lowest BCUT2D eigenvalue weighted by Crippen LogP contribution is -2.28. The van der Waals surface area contributed by atoms with Gasteiger partial charge in [-0.25, -0.2) is 9.89 Å². The molecule has 0 saturated heterocycles. The molecular weight excluding hydrogens is 272 g/mol. The quantitative estimate of drug-likeness (QED) is 0.671. The van der Waals surface area contributed by atoms with Crippen LogP contribution in [0.3, 0.4) is 0 Å². The number of aryl methyl sites for hydroxylation is 2.